The first-order valence-corrected chi connectivity index (χ1v) is 8.99. The number of carbonyl (C=O) groups is 2. The van der Waals surface area contributed by atoms with Gasteiger partial charge >= 0.3 is 5.97 Å². The number of unbranched alkanes of at least 4 members (excludes halogenated alkanes) is 1. The van der Waals surface area contributed by atoms with Crippen molar-refractivity contribution in [1.29, 1.82) is 0 Å². The molecular weight excluding hydrogens is 314 g/mol. The van der Waals surface area contributed by atoms with Gasteiger partial charge in [-0.1, -0.05) is 18.2 Å². The SMILES string of the molecule is C=C(CCCc1ccc(CCCC=O)nc1C)CC(=O)OC(C)(C)C. The summed E-state index contributed by atoms with van der Waals surface area (Å²) in [6.45, 7) is 11.6. The summed E-state index contributed by atoms with van der Waals surface area (Å²) >= 11 is 0. The molecule has 0 unspecified atom stereocenters. The van der Waals surface area contributed by atoms with Crippen LogP contribution in [0.5, 0.6) is 0 Å². The molecule has 1 aromatic rings. The van der Waals surface area contributed by atoms with Crippen molar-refractivity contribution in [1.82, 2.24) is 4.98 Å². The molecule has 0 N–H and O–H groups in total. The normalized spacial score (nSPS) is 11.2. The highest BCUT2D eigenvalue weighted by Crippen LogP contribution is 2.17. The van der Waals surface area contributed by atoms with Gasteiger partial charge in [-0.05, 0) is 71.4 Å². The molecule has 0 aromatic carbocycles. The second-order valence-corrected chi connectivity index (χ2v) is 7.47. The smallest absolute Gasteiger partial charge is 0.310 e. The van der Waals surface area contributed by atoms with Crippen LogP contribution in [-0.4, -0.2) is 22.8 Å². The van der Waals surface area contributed by atoms with E-state index in [9.17, 15) is 9.59 Å². The Kier molecular flexibility index (Phi) is 8.53. The maximum atomic E-state index is 11.8. The fourth-order valence-corrected chi connectivity index (χ4v) is 2.61. The predicted molar refractivity (Wildman–Crippen MR) is 101 cm³/mol. The Bertz CT molecular complexity index is 600. The maximum absolute atomic E-state index is 11.8. The molecule has 25 heavy (non-hydrogen) atoms. The lowest BCUT2D eigenvalue weighted by Crippen LogP contribution is -2.23. The number of rotatable bonds is 10. The minimum atomic E-state index is -0.451. The van der Waals surface area contributed by atoms with Crippen LogP contribution in [0.1, 0.15) is 69.8 Å². The van der Waals surface area contributed by atoms with Crippen LogP contribution in [0.15, 0.2) is 24.3 Å². The van der Waals surface area contributed by atoms with Crippen LogP contribution >= 0.6 is 0 Å². The molecule has 1 rings (SSSR count). The first kappa shape index (κ1) is 21.1. The van der Waals surface area contributed by atoms with E-state index < -0.39 is 5.60 Å². The zero-order valence-corrected chi connectivity index (χ0v) is 16.1. The number of aryl methyl sites for hydroxylation is 3. The van der Waals surface area contributed by atoms with Gasteiger partial charge in [0.25, 0.3) is 0 Å². The van der Waals surface area contributed by atoms with Gasteiger partial charge in [0.15, 0.2) is 0 Å². The summed E-state index contributed by atoms with van der Waals surface area (Å²) in [7, 11) is 0. The molecule has 1 heterocycles. The van der Waals surface area contributed by atoms with Crippen molar-refractivity contribution in [2.75, 3.05) is 0 Å². The second kappa shape index (κ2) is 10.1. The van der Waals surface area contributed by atoms with Crippen LogP contribution in [0, 0.1) is 6.92 Å². The van der Waals surface area contributed by atoms with Gasteiger partial charge in [0.2, 0.25) is 0 Å². The van der Waals surface area contributed by atoms with Crippen molar-refractivity contribution >= 4 is 12.3 Å². The van der Waals surface area contributed by atoms with Crippen molar-refractivity contribution in [3.05, 3.63) is 41.2 Å². The maximum Gasteiger partial charge on any atom is 0.310 e. The Balaban J connectivity index is 2.39. The van der Waals surface area contributed by atoms with E-state index >= 15 is 0 Å². The van der Waals surface area contributed by atoms with Crippen LogP contribution in [0.2, 0.25) is 0 Å². The number of hydrogen-bond acceptors (Lipinski definition) is 4. The van der Waals surface area contributed by atoms with Crippen molar-refractivity contribution in [2.45, 2.75) is 78.2 Å². The number of aldehydes is 1. The summed E-state index contributed by atoms with van der Waals surface area (Å²) < 4.78 is 5.31. The lowest BCUT2D eigenvalue weighted by molar-refractivity contribution is -0.153. The van der Waals surface area contributed by atoms with Gasteiger partial charge in [-0.2, -0.15) is 0 Å². The molecule has 0 atom stereocenters. The van der Waals surface area contributed by atoms with Gasteiger partial charge in [0.05, 0.1) is 6.42 Å². The highest BCUT2D eigenvalue weighted by Gasteiger charge is 2.16. The molecule has 0 aliphatic rings. The molecule has 0 amide bonds. The Hall–Kier alpha value is -1.97. The summed E-state index contributed by atoms with van der Waals surface area (Å²) in [5.74, 6) is -0.213. The summed E-state index contributed by atoms with van der Waals surface area (Å²) in [6, 6.07) is 4.16. The molecule has 0 saturated carbocycles. The molecule has 0 bridgehead atoms. The molecule has 0 fully saturated rings. The van der Waals surface area contributed by atoms with Crippen molar-refractivity contribution < 1.29 is 14.3 Å². The van der Waals surface area contributed by atoms with Gasteiger partial charge in [-0.3, -0.25) is 9.78 Å². The highest BCUT2D eigenvalue weighted by molar-refractivity contribution is 5.72. The molecule has 138 valence electrons. The van der Waals surface area contributed by atoms with Crippen molar-refractivity contribution in [3.63, 3.8) is 0 Å². The van der Waals surface area contributed by atoms with Crippen LogP contribution in [0.4, 0.5) is 0 Å². The standard InChI is InChI=1S/C21H31NO3/c1-16(15-20(24)25-21(3,4)5)9-8-10-18-12-13-19(22-17(18)2)11-6-7-14-23/h12-14H,1,6-11,15H2,2-5H3. The third kappa shape index (κ3) is 9.18. The summed E-state index contributed by atoms with van der Waals surface area (Å²) in [5.41, 5.74) is 3.77. The Labute approximate surface area is 151 Å². The number of carbonyl (C=O) groups excluding carboxylic acids is 2. The van der Waals surface area contributed by atoms with Crippen LogP contribution in [0.3, 0.4) is 0 Å². The van der Waals surface area contributed by atoms with E-state index in [2.05, 4.69) is 17.6 Å². The Morgan fingerprint density at radius 2 is 1.96 bits per heavy atom. The van der Waals surface area contributed by atoms with Crippen LogP contribution in [0.25, 0.3) is 0 Å². The highest BCUT2D eigenvalue weighted by atomic mass is 16.6. The van der Waals surface area contributed by atoms with Gasteiger partial charge in [0, 0.05) is 17.8 Å². The Morgan fingerprint density at radius 3 is 2.56 bits per heavy atom. The number of hydrogen-bond donors (Lipinski definition) is 0. The number of pyridine rings is 1. The summed E-state index contributed by atoms with van der Waals surface area (Å²) in [5, 5.41) is 0. The topological polar surface area (TPSA) is 56.3 Å². The molecule has 0 aliphatic heterocycles. The third-order valence-electron chi connectivity index (χ3n) is 3.80. The fraction of sp³-hybridized carbons (Fsp3) is 0.571. The predicted octanol–water partition coefficient (Wildman–Crippen LogP) is 4.52. The lowest BCUT2D eigenvalue weighted by atomic mass is 10.0. The monoisotopic (exact) mass is 345 g/mol. The quantitative estimate of drug-likeness (QED) is 0.271. The molecular formula is C21H31NO3. The van der Waals surface area contributed by atoms with Crippen molar-refractivity contribution in [2.24, 2.45) is 0 Å². The average Bonchev–Trinajstić information content (AvgIpc) is 2.47. The second-order valence-electron chi connectivity index (χ2n) is 7.47. The zero-order valence-electron chi connectivity index (χ0n) is 16.1. The molecule has 4 nitrogen and oxygen atoms in total. The van der Waals surface area contributed by atoms with Crippen LogP contribution in [-0.2, 0) is 27.2 Å². The summed E-state index contributed by atoms with van der Waals surface area (Å²) in [4.78, 5) is 26.8. The third-order valence-corrected chi connectivity index (χ3v) is 3.80. The Morgan fingerprint density at radius 1 is 1.24 bits per heavy atom. The van der Waals surface area contributed by atoms with E-state index in [-0.39, 0.29) is 12.4 Å². The summed E-state index contributed by atoms with van der Waals surface area (Å²) in [6.07, 6.45) is 6.17. The average molecular weight is 345 g/mol. The van der Waals surface area contributed by atoms with Gasteiger partial charge in [-0.15, -0.1) is 0 Å². The van der Waals surface area contributed by atoms with Gasteiger partial charge in [-0.25, -0.2) is 0 Å². The first-order valence-electron chi connectivity index (χ1n) is 8.99. The van der Waals surface area contributed by atoms with E-state index in [1.54, 1.807) is 0 Å². The number of nitrogens with zero attached hydrogens (tertiary/aromatic N) is 1. The van der Waals surface area contributed by atoms with E-state index in [1.807, 2.05) is 33.8 Å². The van der Waals surface area contributed by atoms with E-state index in [4.69, 9.17) is 4.74 Å². The minimum absolute atomic E-state index is 0.213. The largest absolute Gasteiger partial charge is 0.460 e. The van der Waals surface area contributed by atoms with E-state index in [0.29, 0.717) is 6.42 Å². The van der Waals surface area contributed by atoms with Gasteiger partial charge < -0.3 is 9.53 Å². The molecule has 1 aromatic heterocycles. The minimum Gasteiger partial charge on any atom is -0.460 e. The number of aromatic nitrogens is 1. The van der Waals surface area contributed by atoms with Crippen LogP contribution < -0.4 is 0 Å². The lowest BCUT2D eigenvalue weighted by Gasteiger charge is -2.19. The molecule has 0 saturated heterocycles. The van der Waals surface area contributed by atoms with Gasteiger partial charge in [0.1, 0.15) is 11.9 Å². The van der Waals surface area contributed by atoms with E-state index in [1.165, 1.54) is 5.56 Å². The number of esters is 1. The first-order chi connectivity index (χ1) is 11.7. The fourth-order valence-electron chi connectivity index (χ4n) is 2.61. The molecule has 0 aliphatic carbocycles. The molecule has 0 radical (unpaired) electrons. The number of ether oxygens (including phenoxy) is 1. The zero-order chi connectivity index (χ0) is 18.9. The van der Waals surface area contributed by atoms with E-state index in [0.717, 1.165) is 55.4 Å². The molecule has 4 heteroatoms. The molecule has 0 spiro atoms. The van der Waals surface area contributed by atoms with Crippen molar-refractivity contribution in [3.8, 4) is 0 Å².